The van der Waals surface area contributed by atoms with Gasteiger partial charge in [-0.2, -0.15) is 0 Å². The molecule has 3 N–H and O–H groups in total. The summed E-state index contributed by atoms with van der Waals surface area (Å²) in [5, 5.41) is 3.50. The largest absolute Gasteiger partial charge is 0.493 e. The fraction of sp³-hybridized carbons (Fsp3) is 0.625. The summed E-state index contributed by atoms with van der Waals surface area (Å²) in [7, 11) is 0. The van der Waals surface area contributed by atoms with Crippen LogP contribution in [0, 0.1) is 5.92 Å². The van der Waals surface area contributed by atoms with E-state index in [1.54, 1.807) is 0 Å². The normalized spacial score (nSPS) is 15.7. The molecular formula is C16H26N2O. The van der Waals surface area contributed by atoms with E-state index in [1.807, 2.05) is 0 Å². The lowest BCUT2D eigenvalue weighted by Crippen LogP contribution is -2.29. The molecule has 0 bridgehead atoms. The first-order valence-electron chi connectivity index (χ1n) is 7.49. The Balaban J connectivity index is 1.77. The summed E-state index contributed by atoms with van der Waals surface area (Å²) >= 11 is 0. The summed E-state index contributed by atoms with van der Waals surface area (Å²) in [5.41, 5.74) is 8.47. The van der Waals surface area contributed by atoms with E-state index in [0.29, 0.717) is 5.92 Å². The van der Waals surface area contributed by atoms with Gasteiger partial charge < -0.3 is 15.8 Å². The van der Waals surface area contributed by atoms with Crippen LogP contribution in [0.2, 0.25) is 0 Å². The Bertz CT molecular complexity index is 388. The minimum Gasteiger partial charge on any atom is -0.493 e. The van der Waals surface area contributed by atoms with Gasteiger partial charge >= 0.3 is 0 Å². The number of hydrogen-bond acceptors (Lipinski definition) is 3. The van der Waals surface area contributed by atoms with Crippen molar-refractivity contribution in [2.24, 2.45) is 11.7 Å². The second-order valence-corrected chi connectivity index (χ2v) is 5.36. The van der Waals surface area contributed by atoms with Crippen LogP contribution in [-0.4, -0.2) is 26.2 Å². The second kappa shape index (κ2) is 7.51. The molecule has 1 heterocycles. The number of rotatable bonds is 7. The molecule has 0 aliphatic carbocycles. The van der Waals surface area contributed by atoms with Crippen molar-refractivity contribution in [1.29, 1.82) is 0 Å². The maximum atomic E-state index is 5.70. The van der Waals surface area contributed by atoms with E-state index in [-0.39, 0.29) is 0 Å². The summed E-state index contributed by atoms with van der Waals surface area (Å²) < 4.78 is 5.64. The molecule has 3 heteroatoms. The maximum Gasteiger partial charge on any atom is 0.122 e. The highest BCUT2D eigenvalue weighted by molar-refractivity contribution is 5.38. The minimum absolute atomic E-state index is 0.608. The van der Waals surface area contributed by atoms with Gasteiger partial charge in [0, 0.05) is 0 Å². The third kappa shape index (κ3) is 4.22. The molecule has 0 fully saturated rings. The summed E-state index contributed by atoms with van der Waals surface area (Å²) in [6.07, 6.45) is 4.53. The van der Waals surface area contributed by atoms with E-state index < -0.39 is 0 Å². The third-order valence-electron chi connectivity index (χ3n) is 3.91. The summed E-state index contributed by atoms with van der Waals surface area (Å²) in [4.78, 5) is 0. The lowest BCUT2D eigenvalue weighted by atomic mass is 10.0. The number of ether oxygens (including phenoxy) is 1. The van der Waals surface area contributed by atoms with Crippen molar-refractivity contribution in [2.45, 2.75) is 32.6 Å². The van der Waals surface area contributed by atoms with Crippen molar-refractivity contribution in [1.82, 2.24) is 5.32 Å². The van der Waals surface area contributed by atoms with Crippen molar-refractivity contribution in [3.63, 3.8) is 0 Å². The van der Waals surface area contributed by atoms with Crippen LogP contribution in [-0.2, 0) is 12.8 Å². The van der Waals surface area contributed by atoms with E-state index in [1.165, 1.54) is 11.1 Å². The lowest BCUT2D eigenvalue weighted by Gasteiger charge is -2.18. The molecule has 1 aromatic rings. The molecule has 1 aromatic carbocycles. The smallest absolute Gasteiger partial charge is 0.122 e. The molecule has 3 nitrogen and oxygen atoms in total. The summed E-state index contributed by atoms with van der Waals surface area (Å²) in [6, 6.07) is 6.61. The molecule has 1 aliphatic heterocycles. The van der Waals surface area contributed by atoms with Gasteiger partial charge in [0.05, 0.1) is 6.61 Å². The van der Waals surface area contributed by atoms with Crippen LogP contribution in [0.25, 0.3) is 0 Å². The summed E-state index contributed by atoms with van der Waals surface area (Å²) in [6.45, 7) is 5.89. The number of nitrogens with two attached hydrogens (primary N) is 1. The van der Waals surface area contributed by atoms with Crippen LogP contribution in [0.3, 0.4) is 0 Å². The Morgan fingerprint density at radius 2 is 2.32 bits per heavy atom. The zero-order valence-electron chi connectivity index (χ0n) is 12.0. The average Bonchev–Trinajstić information content (AvgIpc) is 2.47. The standard InChI is InChI=1S/C16H26N2O/c1-2-13(11-17)12-18-8-7-14-5-6-16-15(10-14)4-3-9-19-16/h5-6,10,13,18H,2-4,7-9,11-12,17H2,1H3. The van der Waals surface area contributed by atoms with Crippen LogP contribution >= 0.6 is 0 Å². The molecule has 1 unspecified atom stereocenters. The van der Waals surface area contributed by atoms with Crippen molar-refractivity contribution >= 4 is 0 Å². The van der Waals surface area contributed by atoms with Crippen molar-refractivity contribution in [3.8, 4) is 5.75 Å². The van der Waals surface area contributed by atoms with E-state index in [4.69, 9.17) is 10.5 Å². The molecule has 106 valence electrons. The van der Waals surface area contributed by atoms with Gasteiger partial charge in [0.1, 0.15) is 5.75 Å². The first-order valence-corrected chi connectivity index (χ1v) is 7.49. The van der Waals surface area contributed by atoms with Crippen LogP contribution in [0.15, 0.2) is 18.2 Å². The summed E-state index contributed by atoms with van der Waals surface area (Å²) in [5.74, 6) is 1.69. The van der Waals surface area contributed by atoms with E-state index in [2.05, 4.69) is 30.4 Å². The van der Waals surface area contributed by atoms with Crippen LogP contribution in [0.4, 0.5) is 0 Å². The number of benzene rings is 1. The number of fused-ring (bicyclic) bond motifs is 1. The monoisotopic (exact) mass is 262 g/mol. The predicted octanol–water partition coefficient (Wildman–Crippen LogP) is 2.13. The fourth-order valence-corrected chi connectivity index (χ4v) is 2.50. The highest BCUT2D eigenvalue weighted by Gasteiger charge is 2.10. The zero-order chi connectivity index (χ0) is 13.5. The molecule has 1 atom stereocenters. The molecule has 1 aliphatic rings. The molecule has 0 saturated heterocycles. The zero-order valence-corrected chi connectivity index (χ0v) is 12.0. The van der Waals surface area contributed by atoms with E-state index >= 15 is 0 Å². The van der Waals surface area contributed by atoms with Crippen LogP contribution in [0.5, 0.6) is 5.75 Å². The van der Waals surface area contributed by atoms with Gasteiger partial charge in [-0.1, -0.05) is 25.5 Å². The van der Waals surface area contributed by atoms with Gasteiger partial charge in [0.25, 0.3) is 0 Å². The number of aryl methyl sites for hydroxylation is 1. The van der Waals surface area contributed by atoms with Crippen LogP contribution < -0.4 is 15.8 Å². The number of nitrogens with one attached hydrogen (secondary N) is 1. The van der Waals surface area contributed by atoms with Crippen molar-refractivity contribution in [2.75, 3.05) is 26.2 Å². The molecule has 0 amide bonds. The highest BCUT2D eigenvalue weighted by Crippen LogP contribution is 2.25. The Kier molecular flexibility index (Phi) is 5.67. The second-order valence-electron chi connectivity index (χ2n) is 5.36. The first kappa shape index (κ1) is 14.4. The Hall–Kier alpha value is -1.06. The topological polar surface area (TPSA) is 47.3 Å². The van der Waals surface area contributed by atoms with Gasteiger partial charge in [-0.05, 0) is 62.0 Å². The van der Waals surface area contributed by atoms with Crippen LogP contribution in [0.1, 0.15) is 30.9 Å². The molecule has 0 saturated carbocycles. The van der Waals surface area contributed by atoms with Gasteiger partial charge in [0.15, 0.2) is 0 Å². The maximum absolute atomic E-state index is 5.70. The average molecular weight is 262 g/mol. The minimum atomic E-state index is 0.608. The van der Waals surface area contributed by atoms with Gasteiger partial charge in [-0.3, -0.25) is 0 Å². The van der Waals surface area contributed by atoms with Crippen molar-refractivity contribution in [3.05, 3.63) is 29.3 Å². The molecule has 0 aromatic heterocycles. The molecular weight excluding hydrogens is 236 g/mol. The molecule has 0 radical (unpaired) electrons. The van der Waals surface area contributed by atoms with Gasteiger partial charge in [0.2, 0.25) is 0 Å². The van der Waals surface area contributed by atoms with Gasteiger partial charge in [-0.15, -0.1) is 0 Å². The lowest BCUT2D eigenvalue weighted by molar-refractivity contribution is 0.288. The molecule has 2 rings (SSSR count). The molecule has 0 spiro atoms. The van der Waals surface area contributed by atoms with Gasteiger partial charge in [-0.25, -0.2) is 0 Å². The molecule has 19 heavy (non-hydrogen) atoms. The van der Waals surface area contributed by atoms with E-state index in [0.717, 1.165) is 57.7 Å². The first-order chi connectivity index (χ1) is 9.33. The Morgan fingerprint density at radius 1 is 1.42 bits per heavy atom. The Labute approximate surface area is 116 Å². The van der Waals surface area contributed by atoms with Crippen molar-refractivity contribution < 1.29 is 4.74 Å². The number of hydrogen-bond donors (Lipinski definition) is 2. The predicted molar refractivity (Wildman–Crippen MR) is 79.7 cm³/mol. The van der Waals surface area contributed by atoms with E-state index in [9.17, 15) is 0 Å². The SMILES string of the molecule is CCC(CN)CNCCc1ccc2c(c1)CCCO2. The third-order valence-corrected chi connectivity index (χ3v) is 3.91. The highest BCUT2D eigenvalue weighted by atomic mass is 16.5. The quantitative estimate of drug-likeness (QED) is 0.740. The Morgan fingerprint density at radius 3 is 3.11 bits per heavy atom. The fourth-order valence-electron chi connectivity index (χ4n) is 2.50.